The largest absolute Gasteiger partial charge is 0.327 e. The van der Waals surface area contributed by atoms with E-state index in [0.29, 0.717) is 12.8 Å². The lowest BCUT2D eigenvalue weighted by atomic mass is 9.80. The SMILES string of the molecule is NC(Cc1ccc2ccccc2c1)C1CCC(F)(F)CC1. The third-order valence-corrected chi connectivity index (χ3v) is 4.65. The molecular formula is C18H21F2N. The normalized spacial score (nSPS) is 20.5. The molecule has 0 bridgehead atoms. The number of fused-ring (bicyclic) bond motifs is 1. The second-order valence-electron chi connectivity index (χ2n) is 6.24. The Morgan fingerprint density at radius 2 is 1.71 bits per heavy atom. The lowest BCUT2D eigenvalue weighted by molar-refractivity contribution is -0.0481. The molecule has 1 nitrogen and oxygen atoms in total. The fourth-order valence-electron chi connectivity index (χ4n) is 3.30. The lowest BCUT2D eigenvalue weighted by Gasteiger charge is -2.32. The molecule has 112 valence electrons. The Morgan fingerprint density at radius 1 is 1.05 bits per heavy atom. The van der Waals surface area contributed by atoms with E-state index in [0.717, 1.165) is 6.42 Å². The summed E-state index contributed by atoms with van der Waals surface area (Å²) in [6, 6.07) is 14.6. The highest BCUT2D eigenvalue weighted by Gasteiger charge is 2.36. The zero-order chi connectivity index (χ0) is 14.9. The fourth-order valence-corrected chi connectivity index (χ4v) is 3.30. The monoisotopic (exact) mass is 289 g/mol. The van der Waals surface area contributed by atoms with Crippen molar-refractivity contribution in [3.05, 3.63) is 48.0 Å². The summed E-state index contributed by atoms with van der Waals surface area (Å²) in [4.78, 5) is 0. The molecule has 1 saturated carbocycles. The molecule has 1 unspecified atom stereocenters. The Balaban J connectivity index is 1.67. The van der Waals surface area contributed by atoms with Crippen LogP contribution in [0.1, 0.15) is 31.2 Å². The first-order valence-corrected chi connectivity index (χ1v) is 7.65. The van der Waals surface area contributed by atoms with Gasteiger partial charge in [0.15, 0.2) is 0 Å². The van der Waals surface area contributed by atoms with Gasteiger partial charge in [0.2, 0.25) is 5.92 Å². The van der Waals surface area contributed by atoms with Gasteiger partial charge in [0.05, 0.1) is 0 Å². The van der Waals surface area contributed by atoms with Crippen molar-refractivity contribution in [2.45, 2.75) is 44.1 Å². The summed E-state index contributed by atoms with van der Waals surface area (Å²) in [6.45, 7) is 0. The predicted octanol–water partition coefficient (Wildman–Crippen LogP) is 4.54. The second-order valence-corrected chi connectivity index (χ2v) is 6.24. The summed E-state index contributed by atoms with van der Waals surface area (Å²) in [5, 5.41) is 2.42. The minimum absolute atomic E-state index is 0.0108. The number of rotatable bonds is 3. The van der Waals surface area contributed by atoms with Crippen LogP contribution in [0.15, 0.2) is 42.5 Å². The van der Waals surface area contributed by atoms with Crippen LogP contribution < -0.4 is 5.73 Å². The molecule has 0 aromatic heterocycles. The average Bonchev–Trinajstić information content (AvgIpc) is 2.47. The van der Waals surface area contributed by atoms with E-state index >= 15 is 0 Å². The van der Waals surface area contributed by atoms with Crippen molar-refractivity contribution < 1.29 is 8.78 Å². The van der Waals surface area contributed by atoms with E-state index in [1.807, 2.05) is 12.1 Å². The smallest absolute Gasteiger partial charge is 0.248 e. The summed E-state index contributed by atoms with van der Waals surface area (Å²) in [5.41, 5.74) is 7.46. The van der Waals surface area contributed by atoms with Crippen molar-refractivity contribution in [3.8, 4) is 0 Å². The molecule has 0 saturated heterocycles. The van der Waals surface area contributed by atoms with E-state index in [1.165, 1.54) is 16.3 Å². The maximum Gasteiger partial charge on any atom is 0.248 e. The first kappa shape index (κ1) is 14.5. The quantitative estimate of drug-likeness (QED) is 0.882. The van der Waals surface area contributed by atoms with Crippen LogP contribution in [-0.2, 0) is 6.42 Å². The van der Waals surface area contributed by atoms with E-state index in [-0.39, 0.29) is 24.8 Å². The van der Waals surface area contributed by atoms with Gasteiger partial charge in [-0.1, -0.05) is 42.5 Å². The third-order valence-electron chi connectivity index (χ3n) is 4.65. The van der Waals surface area contributed by atoms with Gasteiger partial charge in [-0.25, -0.2) is 8.78 Å². The van der Waals surface area contributed by atoms with Crippen LogP contribution in [0.4, 0.5) is 8.78 Å². The van der Waals surface area contributed by atoms with Gasteiger partial charge in [-0.3, -0.25) is 0 Å². The zero-order valence-electron chi connectivity index (χ0n) is 12.1. The first-order valence-electron chi connectivity index (χ1n) is 7.65. The average molecular weight is 289 g/mol. The molecule has 21 heavy (non-hydrogen) atoms. The molecule has 3 heteroatoms. The van der Waals surface area contributed by atoms with Gasteiger partial charge in [-0.05, 0) is 41.5 Å². The lowest BCUT2D eigenvalue weighted by Crippen LogP contribution is -2.37. The standard InChI is InChI=1S/C18H21F2N/c19-18(20)9-7-15(8-10-18)17(21)12-13-5-6-14-3-1-2-4-16(14)11-13/h1-6,11,15,17H,7-10,12,21H2. The van der Waals surface area contributed by atoms with Crippen LogP contribution in [0.5, 0.6) is 0 Å². The molecule has 1 atom stereocenters. The summed E-state index contributed by atoms with van der Waals surface area (Å²) >= 11 is 0. The van der Waals surface area contributed by atoms with Crippen LogP contribution in [0.3, 0.4) is 0 Å². The summed E-state index contributed by atoms with van der Waals surface area (Å²) < 4.78 is 26.4. The molecule has 0 radical (unpaired) electrons. The molecule has 1 aliphatic rings. The number of alkyl halides is 2. The minimum Gasteiger partial charge on any atom is -0.327 e. The number of benzene rings is 2. The van der Waals surface area contributed by atoms with E-state index < -0.39 is 5.92 Å². The van der Waals surface area contributed by atoms with E-state index in [1.54, 1.807) is 0 Å². The van der Waals surface area contributed by atoms with E-state index in [4.69, 9.17) is 5.73 Å². The molecule has 0 amide bonds. The highest BCUT2D eigenvalue weighted by Crippen LogP contribution is 2.37. The van der Waals surface area contributed by atoms with Crippen LogP contribution in [0.2, 0.25) is 0 Å². The van der Waals surface area contributed by atoms with Crippen LogP contribution in [0, 0.1) is 5.92 Å². The van der Waals surface area contributed by atoms with Crippen LogP contribution in [0.25, 0.3) is 10.8 Å². The van der Waals surface area contributed by atoms with Crippen molar-refractivity contribution in [1.82, 2.24) is 0 Å². The third kappa shape index (κ3) is 3.41. The van der Waals surface area contributed by atoms with Crippen LogP contribution >= 0.6 is 0 Å². The molecule has 0 aliphatic heterocycles. The molecule has 0 heterocycles. The maximum atomic E-state index is 13.2. The Morgan fingerprint density at radius 3 is 2.43 bits per heavy atom. The van der Waals surface area contributed by atoms with Crippen molar-refractivity contribution in [1.29, 1.82) is 0 Å². The number of hydrogen-bond acceptors (Lipinski definition) is 1. The Labute approximate surface area is 124 Å². The molecule has 1 fully saturated rings. The van der Waals surface area contributed by atoms with Crippen molar-refractivity contribution in [2.75, 3.05) is 0 Å². The predicted molar refractivity (Wildman–Crippen MR) is 82.5 cm³/mol. The molecule has 2 N–H and O–H groups in total. The topological polar surface area (TPSA) is 26.0 Å². The second kappa shape index (κ2) is 5.72. The van der Waals surface area contributed by atoms with Gasteiger partial charge in [-0.15, -0.1) is 0 Å². The number of hydrogen-bond donors (Lipinski definition) is 1. The molecule has 2 aromatic rings. The molecule has 1 aliphatic carbocycles. The van der Waals surface area contributed by atoms with Gasteiger partial charge < -0.3 is 5.73 Å². The van der Waals surface area contributed by atoms with Gasteiger partial charge >= 0.3 is 0 Å². The first-order chi connectivity index (χ1) is 10.0. The van der Waals surface area contributed by atoms with Crippen molar-refractivity contribution in [3.63, 3.8) is 0 Å². The van der Waals surface area contributed by atoms with Crippen molar-refractivity contribution in [2.24, 2.45) is 11.7 Å². The summed E-state index contributed by atoms with van der Waals surface area (Å²) in [5.74, 6) is -2.25. The fraction of sp³-hybridized carbons (Fsp3) is 0.444. The maximum absolute atomic E-state index is 13.2. The van der Waals surface area contributed by atoms with Crippen LogP contribution in [-0.4, -0.2) is 12.0 Å². The Bertz CT molecular complexity index is 613. The number of nitrogens with two attached hydrogens (primary N) is 1. The van der Waals surface area contributed by atoms with E-state index in [9.17, 15) is 8.78 Å². The van der Waals surface area contributed by atoms with Gasteiger partial charge in [0.25, 0.3) is 0 Å². The minimum atomic E-state index is -2.47. The van der Waals surface area contributed by atoms with E-state index in [2.05, 4.69) is 30.3 Å². The van der Waals surface area contributed by atoms with Gasteiger partial charge in [-0.2, -0.15) is 0 Å². The molecule has 2 aromatic carbocycles. The number of halogens is 2. The van der Waals surface area contributed by atoms with Gasteiger partial charge in [0.1, 0.15) is 0 Å². The molecular weight excluding hydrogens is 268 g/mol. The Hall–Kier alpha value is -1.48. The summed E-state index contributed by atoms with van der Waals surface area (Å²) in [7, 11) is 0. The summed E-state index contributed by atoms with van der Waals surface area (Å²) in [6.07, 6.45) is 1.83. The Kier molecular flexibility index (Phi) is 3.94. The molecule has 0 spiro atoms. The molecule has 3 rings (SSSR count). The highest BCUT2D eigenvalue weighted by atomic mass is 19.3. The van der Waals surface area contributed by atoms with Crippen molar-refractivity contribution >= 4 is 10.8 Å². The zero-order valence-corrected chi connectivity index (χ0v) is 12.1. The highest BCUT2D eigenvalue weighted by molar-refractivity contribution is 5.82. The van der Waals surface area contributed by atoms with Gasteiger partial charge in [0, 0.05) is 18.9 Å².